The van der Waals surface area contributed by atoms with Gasteiger partial charge < -0.3 is 10.0 Å². The first kappa shape index (κ1) is 14.2. The summed E-state index contributed by atoms with van der Waals surface area (Å²) in [7, 11) is -3.10. The van der Waals surface area contributed by atoms with E-state index in [9.17, 15) is 8.42 Å². The Morgan fingerprint density at radius 1 is 1.06 bits per heavy atom. The molecule has 18 heavy (non-hydrogen) atoms. The number of hydrogen-bond acceptors (Lipinski definition) is 4. The van der Waals surface area contributed by atoms with Crippen LogP contribution in [0.15, 0.2) is 0 Å². The molecule has 2 fully saturated rings. The normalized spacial score (nSPS) is 23.4. The molecule has 0 atom stereocenters. The van der Waals surface area contributed by atoms with Crippen molar-refractivity contribution in [2.24, 2.45) is 5.92 Å². The molecule has 0 unspecified atom stereocenters. The molecular formula is C12H24N2O3S. The molecule has 1 saturated carbocycles. The maximum absolute atomic E-state index is 12.0. The molecule has 0 radical (unpaired) electrons. The van der Waals surface area contributed by atoms with Crippen LogP contribution in [0.4, 0.5) is 0 Å². The van der Waals surface area contributed by atoms with Crippen molar-refractivity contribution in [1.82, 2.24) is 9.21 Å². The molecule has 1 heterocycles. The summed E-state index contributed by atoms with van der Waals surface area (Å²) in [6, 6.07) is 0. The maximum atomic E-state index is 12.0. The Hall–Kier alpha value is -0.170. The highest BCUT2D eigenvalue weighted by Gasteiger charge is 2.29. The predicted molar refractivity (Wildman–Crippen MR) is 70.8 cm³/mol. The SMILES string of the molecule is O=S(=O)(CCCCO)N1CCN(CC2CC2)CC1. The lowest BCUT2D eigenvalue weighted by Gasteiger charge is -2.34. The second-order valence-electron chi connectivity index (χ2n) is 5.39. The van der Waals surface area contributed by atoms with Crippen LogP contribution in [0.2, 0.25) is 0 Å². The number of hydrogen-bond donors (Lipinski definition) is 1. The van der Waals surface area contributed by atoms with Gasteiger partial charge in [-0.05, 0) is 31.6 Å². The summed E-state index contributed by atoms with van der Waals surface area (Å²) in [5.74, 6) is 1.05. The van der Waals surface area contributed by atoms with Crippen LogP contribution in [0.5, 0.6) is 0 Å². The van der Waals surface area contributed by atoms with Gasteiger partial charge in [0.2, 0.25) is 10.0 Å². The molecular weight excluding hydrogens is 252 g/mol. The summed E-state index contributed by atoms with van der Waals surface area (Å²) < 4.78 is 25.7. The first-order valence-corrected chi connectivity index (χ1v) is 8.54. The third-order valence-corrected chi connectivity index (χ3v) is 5.70. The minimum Gasteiger partial charge on any atom is -0.396 e. The fourth-order valence-electron chi connectivity index (χ4n) is 2.38. The average Bonchev–Trinajstić information content (AvgIpc) is 3.14. The molecule has 1 N–H and O–H groups in total. The lowest BCUT2D eigenvalue weighted by Crippen LogP contribution is -2.49. The largest absolute Gasteiger partial charge is 0.396 e. The fourth-order valence-corrected chi connectivity index (χ4v) is 3.93. The molecule has 0 amide bonds. The molecule has 1 aliphatic heterocycles. The Bertz CT molecular complexity index is 346. The summed E-state index contributed by atoms with van der Waals surface area (Å²) in [4.78, 5) is 2.39. The monoisotopic (exact) mass is 276 g/mol. The van der Waals surface area contributed by atoms with Gasteiger partial charge in [-0.1, -0.05) is 0 Å². The standard InChI is InChI=1S/C12H24N2O3S/c15-9-1-2-10-18(16,17)14-7-5-13(6-8-14)11-12-3-4-12/h12,15H,1-11H2. The van der Waals surface area contributed by atoms with Gasteiger partial charge in [-0.15, -0.1) is 0 Å². The van der Waals surface area contributed by atoms with E-state index in [4.69, 9.17) is 5.11 Å². The third kappa shape index (κ3) is 4.19. The highest BCUT2D eigenvalue weighted by atomic mass is 32.2. The van der Waals surface area contributed by atoms with Crippen molar-refractivity contribution in [1.29, 1.82) is 0 Å². The zero-order chi connectivity index (χ0) is 13.0. The maximum Gasteiger partial charge on any atom is 0.214 e. The zero-order valence-corrected chi connectivity index (χ0v) is 11.7. The number of aliphatic hydroxyl groups is 1. The number of sulfonamides is 1. The fraction of sp³-hybridized carbons (Fsp3) is 1.00. The first-order chi connectivity index (χ1) is 8.62. The van der Waals surface area contributed by atoms with Gasteiger partial charge in [0.15, 0.2) is 0 Å². The van der Waals surface area contributed by atoms with Crippen molar-refractivity contribution < 1.29 is 13.5 Å². The molecule has 1 saturated heterocycles. The van der Waals surface area contributed by atoms with E-state index in [1.165, 1.54) is 12.8 Å². The van der Waals surface area contributed by atoms with E-state index in [2.05, 4.69) is 4.90 Å². The molecule has 2 aliphatic rings. The molecule has 5 nitrogen and oxygen atoms in total. The molecule has 6 heteroatoms. The Morgan fingerprint density at radius 3 is 2.28 bits per heavy atom. The van der Waals surface area contributed by atoms with Crippen LogP contribution >= 0.6 is 0 Å². The predicted octanol–water partition coefficient (Wildman–Crippen LogP) is 0.116. The van der Waals surface area contributed by atoms with Crippen molar-refractivity contribution in [2.75, 3.05) is 45.1 Å². The van der Waals surface area contributed by atoms with Gasteiger partial charge in [-0.3, -0.25) is 0 Å². The summed E-state index contributed by atoms with van der Waals surface area (Å²) in [6.07, 6.45) is 3.82. The number of rotatable bonds is 7. The van der Waals surface area contributed by atoms with Crippen LogP contribution in [-0.2, 0) is 10.0 Å². The lowest BCUT2D eigenvalue weighted by atomic mass is 10.3. The Morgan fingerprint density at radius 2 is 1.72 bits per heavy atom. The first-order valence-electron chi connectivity index (χ1n) is 6.93. The lowest BCUT2D eigenvalue weighted by molar-refractivity contribution is 0.182. The average molecular weight is 276 g/mol. The van der Waals surface area contributed by atoms with Crippen LogP contribution in [0.1, 0.15) is 25.7 Å². The van der Waals surface area contributed by atoms with Crippen molar-refractivity contribution in [2.45, 2.75) is 25.7 Å². The molecule has 0 bridgehead atoms. The minimum absolute atomic E-state index is 0.0741. The van der Waals surface area contributed by atoms with E-state index in [1.807, 2.05) is 0 Å². The van der Waals surface area contributed by atoms with Gasteiger partial charge in [0, 0.05) is 39.3 Å². The van der Waals surface area contributed by atoms with E-state index in [0.29, 0.717) is 25.9 Å². The summed E-state index contributed by atoms with van der Waals surface area (Å²) in [6.45, 7) is 4.23. The Balaban J connectivity index is 1.73. The van der Waals surface area contributed by atoms with Crippen molar-refractivity contribution >= 4 is 10.0 Å². The highest BCUT2D eigenvalue weighted by molar-refractivity contribution is 7.89. The Kier molecular flexibility index (Phi) is 5.00. The Labute approximate surface area is 110 Å². The molecule has 0 aromatic carbocycles. The number of piperazine rings is 1. The smallest absolute Gasteiger partial charge is 0.214 e. The van der Waals surface area contributed by atoms with Gasteiger partial charge >= 0.3 is 0 Å². The summed E-state index contributed by atoms with van der Waals surface area (Å²) >= 11 is 0. The quantitative estimate of drug-likeness (QED) is 0.671. The van der Waals surface area contributed by atoms with Crippen LogP contribution in [0.3, 0.4) is 0 Å². The molecule has 0 aromatic rings. The van der Waals surface area contributed by atoms with Crippen LogP contribution < -0.4 is 0 Å². The minimum atomic E-state index is -3.10. The number of nitrogens with zero attached hydrogens (tertiary/aromatic N) is 2. The van der Waals surface area contributed by atoms with Crippen LogP contribution in [0, 0.1) is 5.92 Å². The molecule has 2 rings (SSSR count). The third-order valence-electron chi connectivity index (χ3n) is 3.75. The number of aliphatic hydroxyl groups excluding tert-OH is 1. The molecule has 1 aliphatic carbocycles. The van der Waals surface area contributed by atoms with E-state index < -0.39 is 10.0 Å². The summed E-state index contributed by atoms with van der Waals surface area (Å²) in [5.41, 5.74) is 0. The van der Waals surface area contributed by atoms with Crippen molar-refractivity contribution in [3.05, 3.63) is 0 Å². The van der Waals surface area contributed by atoms with E-state index in [-0.39, 0.29) is 12.4 Å². The van der Waals surface area contributed by atoms with E-state index in [1.54, 1.807) is 4.31 Å². The second-order valence-corrected chi connectivity index (χ2v) is 7.48. The highest BCUT2D eigenvalue weighted by Crippen LogP contribution is 2.30. The second kappa shape index (κ2) is 6.32. The van der Waals surface area contributed by atoms with Crippen molar-refractivity contribution in [3.8, 4) is 0 Å². The van der Waals surface area contributed by atoms with Gasteiger partial charge in [0.25, 0.3) is 0 Å². The van der Waals surface area contributed by atoms with Crippen molar-refractivity contribution in [3.63, 3.8) is 0 Å². The van der Waals surface area contributed by atoms with Gasteiger partial charge in [0.05, 0.1) is 5.75 Å². The number of unbranched alkanes of at least 4 members (excludes halogenated alkanes) is 1. The zero-order valence-electron chi connectivity index (χ0n) is 10.9. The molecule has 106 valence electrons. The van der Waals surface area contributed by atoms with E-state index >= 15 is 0 Å². The molecule has 0 aromatic heterocycles. The molecule has 0 spiro atoms. The van der Waals surface area contributed by atoms with Gasteiger partial charge in [-0.2, -0.15) is 4.31 Å². The van der Waals surface area contributed by atoms with E-state index in [0.717, 1.165) is 25.6 Å². The topological polar surface area (TPSA) is 60.9 Å². The summed E-state index contributed by atoms with van der Waals surface area (Å²) in [5, 5.41) is 8.68. The van der Waals surface area contributed by atoms with Gasteiger partial charge in [-0.25, -0.2) is 8.42 Å². The van der Waals surface area contributed by atoms with Crippen LogP contribution in [-0.4, -0.2) is 67.8 Å². The van der Waals surface area contributed by atoms with Crippen LogP contribution in [0.25, 0.3) is 0 Å². The van der Waals surface area contributed by atoms with Gasteiger partial charge in [0.1, 0.15) is 0 Å².